The number of carbonyl (C=O) groups excluding carboxylic acids is 1. The number of rotatable bonds is 6. The van der Waals surface area contributed by atoms with Gasteiger partial charge >= 0.3 is 0 Å². The molecule has 1 heterocycles. The maximum atomic E-state index is 15.0. The van der Waals surface area contributed by atoms with E-state index in [4.69, 9.17) is 5.73 Å². The van der Waals surface area contributed by atoms with E-state index in [0.29, 0.717) is 28.6 Å². The molecule has 1 amide bonds. The predicted octanol–water partition coefficient (Wildman–Crippen LogP) is 4.20. The molecule has 4 rings (SSSR count). The lowest BCUT2D eigenvalue weighted by atomic mass is 9.84. The Morgan fingerprint density at radius 1 is 1.22 bits per heavy atom. The molecule has 0 radical (unpaired) electrons. The van der Waals surface area contributed by atoms with Crippen LogP contribution in [0.3, 0.4) is 0 Å². The van der Waals surface area contributed by atoms with Crippen LogP contribution in [-0.4, -0.2) is 45.0 Å². The fourth-order valence-electron chi connectivity index (χ4n) is 4.28. The summed E-state index contributed by atoms with van der Waals surface area (Å²) >= 11 is 3.16. The lowest BCUT2D eigenvalue weighted by Gasteiger charge is -2.28. The Hall–Kier alpha value is -3.02. The van der Waals surface area contributed by atoms with Crippen LogP contribution in [0, 0.1) is 11.6 Å². The molecule has 7 nitrogen and oxygen atoms in total. The van der Waals surface area contributed by atoms with Crippen LogP contribution in [0.1, 0.15) is 52.8 Å². The van der Waals surface area contributed by atoms with Crippen LogP contribution < -0.4 is 11.1 Å². The Labute approximate surface area is 213 Å². The first-order valence-electron chi connectivity index (χ1n) is 11.3. The second-order valence-corrected chi connectivity index (χ2v) is 9.64. The number of aliphatic hydroxyl groups is 2. The van der Waals surface area contributed by atoms with Crippen molar-refractivity contribution in [3.05, 3.63) is 75.5 Å². The lowest BCUT2D eigenvalue weighted by Crippen LogP contribution is -2.31. The number of aromatic nitrogens is 2. The van der Waals surface area contributed by atoms with Gasteiger partial charge in [0.05, 0.1) is 36.2 Å². The first-order valence-corrected chi connectivity index (χ1v) is 12.1. The van der Waals surface area contributed by atoms with Gasteiger partial charge in [0.2, 0.25) is 0 Å². The van der Waals surface area contributed by atoms with Crippen LogP contribution in [0.5, 0.6) is 0 Å². The van der Waals surface area contributed by atoms with Gasteiger partial charge in [0.15, 0.2) is 0 Å². The summed E-state index contributed by atoms with van der Waals surface area (Å²) in [6.45, 7) is -0.530. The van der Waals surface area contributed by atoms with Gasteiger partial charge in [-0.25, -0.2) is 23.1 Å². The van der Waals surface area contributed by atoms with Crippen molar-refractivity contribution in [2.45, 2.75) is 43.5 Å². The van der Waals surface area contributed by atoms with E-state index in [9.17, 15) is 28.2 Å². The Morgan fingerprint density at radius 2 is 2.00 bits per heavy atom. The minimum absolute atomic E-state index is 0.0417. The molecule has 5 N–H and O–H groups in total. The van der Waals surface area contributed by atoms with Gasteiger partial charge in [-0.3, -0.25) is 4.79 Å². The minimum atomic E-state index is -1.36. The summed E-state index contributed by atoms with van der Waals surface area (Å²) in [4.78, 5) is 21.3. The maximum absolute atomic E-state index is 15.0. The zero-order chi connectivity index (χ0) is 26.0. The molecule has 1 aliphatic rings. The van der Waals surface area contributed by atoms with Crippen LogP contribution in [0.15, 0.2) is 47.1 Å². The van der Waals surface area contributed by atoms with Gasteiger partial charge in [-0.2, -0.15) is 0 Å². The highest BCUT2D eigenvalue weighted by Gasteiger charge is 2.31. The second-order valence-electron chi connectivity index (χ2n) is 8.73. The van der Waals surface area contributed by atoms with Crippen LogP contribution in [0.25, 0.3) is 11.3 Å². The molecule has 0 spiro atoms. The van der Waals surface area contributed by atoms with Gasteiger partial charge in [0, 0.05) is 16.0 Å². The number of nitrogens with two attached hydrogens (primary N) is 1. The number of nitrogens with one attached hydrogen (secondary N) is 1. The molecular formula is C25H24BrF3N4O3. The summed E-state index contributed by atoms with van der Waals surface area (Å²) in [5, 5.41) is 21.8. The third-order valence-electron chi connectivity index (χ3n) is 6.24. The largest absolute Gasteiger partial charge is 0.394 e. The third-order valence-corrected chi connectivity index (χ3v) is 6.70. The number of carbonyl (C=O) groups is 1. The molecule has 4 atom stereocenters. The first-order chi connectivity index (χ1) is 17.2. The molecular weight excluding hydrogens is 541 g/mol. The molecule has 2 aromatic carbocycles. The van der Waals surface area contributed by atoms with Crippen molar-refractivity contribution in [2.24, 2.45) is 0 Å². The summed E-state index contributed by atoms with van der Waals surface area (Å²) < 4.78 is 43.2. The van der Waals surface area contributed by atoms with E-state index in [1.807, 2.05) is 0 Å². The van der Waals surface area contributed by atoms with E-state index in [-0.39, 0.29) is 35.0 Å². The molecule has 3 aromatic rings. The number of halogens is 4. The van der Waals surface area contributed by atoms with Crippen molar-refractivity contribution in [1.29, 1.82) is 0 Å². The van der Waals surface area contributed by atoms with Crippen molar-refractivity contribution in [1.82, 2.24) is 15.3 Å². The normalized spacial score (nSPS) is 20.7. The van der Waals surface area contributed by atoms with Gasteiger partial charge in [0.25, 0.3) is 5.91 Å². The number of hydrogen-bond acceptors (Lipinski definition) is 6. The summed E-state index contributed by atoms with van der Waals surface area (Å²) in [7, 11) is 0. The van der Waals surface area contributed by atoms with Crippen LogP contribution >= 0.6 is 15.9 Å². The fourth-order valence-corrected chi connectivity index (χ4v) is 4.77. The number of hydrogen-bond donors (Lipinski definition) is 4. The monoisotopic (exact) mass is 564 g/mol. The minimum Gasteiger partial charge on any atom is -0.394 e. The van der Waals surface area contributed by atoms with E-state index in [0.717, 1.165) is 12.1 Å². The van der Waals surface area contributed by atoms with Crippen molar-refractivity contribution in [3.8, 4) is 11.3 Å². The highest BCUT2D eigenvalue weighted by molar-refractivity contribution is 9.10. The van der Waals surface area contributed by atoms with Gasteiger partial charge in [-0.05, 0) is 55.2 Å². The highest BCUT2D eigenvalue weighted by Crippen LogP contribution is 2.35. The van der Waals surface area contributed by atoms with Crippen molar-refractivity contribution in [2.75, 3.05) is 12.3 Å². The number of aliphatic hydroxyl groups excluding tert-OH is 2. The molecule has 190 valence electrons. The Morgan fingerprint density at radius 3 is 2.67 bits per heavy atom. The molecule has 1 fully saturated rings. The number of nitrogen functional groups attached to an aromatic ring is 1. The molecule has 1 aliphatic carbocycles. The van der Waals surface area contributed by atoms with Gasteiger partial charge in [-0.1, -0.05) is 22.0 Å². The second kappa shape index (κ2) is 10.9. The summed E-state index contributed by atoms with van der Waals surface area (Å²) in [6.07, 6.45) is 0.0155. The SMILES string of the molecule is Nc1ncc([C@H]2CC[C@@H](O)[C@@H](F)C2)nc1-c1ccc(C(=O)N[C@H](CO)c2cc(F)cc(Br)c2)c(F)c1. The van der Waals surface area contributed by atoms with Crippen molar-refractivity contribution < 1.29 is 28.2 Å². The highest BCUT2D eigenvalue weighted by atomic mass is 79.9. The predicted molar refractivity (Wildman–Crippen MR) is 131 cm³/mol. The zero-order valence-corrected chi connectivity index (χ0v) is 20.6. The number of nitrogens with zero attached hydrogens (tertiary/aromatic N) is 2. The Balaban J connectivity index is 1.56. The zero-order valence-electron chi connectivity index (χ0n) is 19.0. The smallest absolute Gasteiger partial charge is 0.254 e. The molecule has 0 bridgehead atoms. The molecule has 0 saturated heterocycles. The molecule has 0 unspecified atom stereocenters. The number of anilines is 1. The quantitative estimate of drug-likeness (QED) is 0.356. The molecule has 36 heavy (non-hydrogen) atoms. The van der Waals surface area contributed by atoms with Gasteiger partial charge in [0.1, 0.15) is 29.3 Å². The Kier molecular flexibility index (Phi) is 7.91. The molecule has 11 heteroatoms. The van der Waals surface area contributed by atoms with E-state index in [2.05, 4.69) is 31.2 Å². The number of alkyl halides is 1. The lowest BCUT2D eigenvalue weighted by molar-refractivity contribution is 0.0363. The van der Waals surface area contributed by atoms with Crippen molar-refractivity contribution >= 4 is 27.7 Å². The van der Waals surface area contributed by atoms with Crippen LogP contribution in [0.2, 0.25) is 0 Å². The van der Waals surface area contributed by atoms with Gasteiger partial charge in [-0.15, -0.1) is 0 Å². The number of benzene rings is 2. The van der Waals surface area contributed by atoms with E-state index in [1.165, 1.54) is 30.5 Å². The third kappa shape index (κ3) is 5.69. The maximum Gasteiger partial charge on any atom is 0.254 e. The number of amides is 1. The van der Waals surface area contributed by atoms with E-state index >= 15 is 0 Å². The average Bonchev–Trinajstić information content (AvgIpc) is 2.83. The molecule has 1 saturated carbocycles. The standard InChI is InChI=1S/C25H24BrF3N4O3/c26-15-5-14(6-16(27)9-15)21(11-34)33-25(36)17-3-1-13(8-18(17)28)23-24(30)31-10-20(32-23)12-2-4-22(35)19(29)7-12/h1,3,5-6,8-10,12,19,21-22,34-35H,2,4,7,11H2,(H2,30,31)(H,33,36)/t12-,19-,21+,22+/m0/s1. The van der Waals surface area contributed by atoms with E-state index in [1.54, 1.807) is 0 Å². The summed E-state index contributed by atoms with van der Waals surface area (Å²) in [5.41, 5.74) is 6.94. The topological polar surface area (TPSA) is 121 Å². The molecule has 1 aromatic heterocycles. The average molecular weight is 565 g/mol. The van der Waals surface area contributed by atoms with Crippen LogP contribution in [-0.2, 0) is 0 Å². The van der Waals surface area contributed by atoms with Gasteiger partial charge < -0.3 is 21.3 Å². The first kappa shape index (κ1) is 26.1. The fraction of sp³-hybridized carbons (Fsp3) is 0.320. The molecule has 0 aliphatic heterocycles. The van der Waals surface area contributed by atoms with Crippen molar-refractivity contribution in [3.63, 3.8) is 0 Å². The Bertz CT molecular complexity index is 1260. The summed E-state index contributed by atoms with van der Waals surface area (Å²) in [5.74, 6) is -2.45. The van der Waals surface area contributed by atoms with E-state index < -0.39 is 42.5 Å². The summed E-state index contributed by atoms with van der Waals surface area (Å²) in [6, 6.07) is 6.77. The van der Waals surface area contributed by atoms with Crippen LogP contribution in [0.4, 0.5) is 19.0 Å².